The maximum absolute atomic E-state index is 12.1. The Hall–Kier alpha value is -1.68. The smallest absolute Gasteiger partial charge is 0.288 e. The van der Waals surface area contributed by atoms with Crippen molar-refractivity contribution in [3.8, 4) is 0 Å². The quantitative estimate of drug-likeness (QED) is 0.760. The average Bonchev–Trinajstić information content (AvgIpc) is 2.65. The van der Waals surface area contributed by atoms with Crippen LogP contribution in [-0.4, -0.2) is 29.3 Å². The SMILES string of the molecule is CCC[NH2+][C@H]1CC(=O)N(Cc2ccccc2)C1=O. The second kappa shape index (κ2) is 5.78. The van der Waals surface area contributed by atoms with Gasteiger partial charge in [-0.15, -0.1) is 0 Å². The first-order valence-electron chi connectivity index (χ1n) is 6.44. The number of rotatable bonds is 5. The predicted molar refractivity (Wildman–Crippen MR) is 67.5 cm³/mol. The van der Waals surface area contributed by atoms with Crippen molar-refractivity contribution in [2.75, 3.05) is 6.54 Å². The molecule has 2 rings (SSSR count). The Kier molecular flexibility index (Phi) is 4.10. The average molecular weight is 247 g/mol. The zero-order valence-corrected chi connectivity index (χ0v) is 10.6. The lowest BCUT2D eigenvalue weighted by atomic mass is 10.2. The molecular formula is C14H19N2O2+. The number of hydrogen-bond acceptors (Lipinski definition) is 2. The fourth-order valence-corrected chi connectivity index (χ4v) is 2.19. The monoisotopic (exact) mass is 247 g/mol. The highest BCUT2D eigenvalue weighted by molar-refractivity contribution is 6.04. The van der Waals surface area contributed by atoms with Crippen molar-refractivity contribution in [3.05, 3.63) is 35.9 Å². The molecule has 0 radical (unpaired) electrons. The minimum absolute atomic E-state index is 0.0442. The molecule has 0 unspecified atom stereocenters. The van der Waals surface area contributed by atoms with Gasteiger partial charge in [-0.1, -0.05) is 37.3 Å². The minimum Gasteiger partial charge on any atom is -0.336 e. The van der Waals surface area contributed by atoms with Gasteiger partial charge in [0.2, 0.25) is 5.91 Å². The molecule has 1 fully saturated rings. The van der Waals surface area contributed by atoms with Gasteiger partial charge in [0.15, 0.2) is 6.04 Å². The van der Waals surface area contributed by atoms with Crippen molar-refractivity contribution in [2.45, 2.75) is 32.4 Å². The largest absolute Gasteiger partial charge is 0.336 e. The lowest BCUT2D eigenvalue weighted by molar-refractivity contribution is -0.674. The van der Waals surface area contributed by atoms with Crippen LogP contribution in [0, 0.1) is 0 Å². The van der Waals surface area contributed by atoms with Crippen LogP contribution in [0.4, 0.5) is 0 Å². The van der Waals surface area contributed by atoms with Crippen LogP contribution < -0.4 is 5.32 Å². The molecule has 96 valence electrons. The maximum Gasteiger partial charge on any atom is 0.288 e. The molecule has 1 aliphatic heterocycles. The highest BCUT2D eigenvalue weighted by atomic mass is 16.2. The van der Waals surface area contributed by atoms with Crippen LogP contribution in [-0.2, 0) is 16.1 Å². The molecule has 0 aliphatic carbocycles. The van der Waals surface area contributed by atoms with Crippen LogP contribution in [0.3, 0.4) is 0 Å². The van der Waals surface area contributed by atoms with E-state index in [4.69, 9.17) is 0 Å². The third-order valence-corrected chi connectivity index (χ3v) is 3.20. The normalized spacial score (nSPS) is 19.6. The summed E-state index contributed by atoms with van der Waals surface area (Å²) in [6.45, 7) is 3.36. The fraction of sp³-hybridized carbons (Fsp3) is 0.429. The second-order valence-electron chi connectivity index (χ2n) is 4.64. The molecule has 1 aromatic carbocycles. The Morgan fingerprint density at radius 3 is 2.67 bits per heavy atom. The summed E-state index contributed by atoms with van der Waals surface area (Å²) in [5.41, 5.74) is 0.996. The van der Waals surface area contributed by atoms with Crippen molar-refractivity contribution in [1.82, 2.24) is 4.90 Å². The van der Waals surface area contributed by atoms with E-state index in [2.05, 4.69) is 6.92 Å². The van der Waals surface area contributed by atoms with Gasteiger partial charge < -0.3 is 5.32 Å². The highest BCUT2D eigenvalue weighted by Crippen LogP contribution is 2.14. The molecule has 4 heteroatoms. The summed E-state index contributed by atoms with van der Waals surface area (Å²) in [6.07, 6.45) is 1.35. The summed E-state index contributed by atoms with van der Waals surface area (Å²) in [4.78, 5) is 25.3. The van der Waals surface area contributed by atoms with Gasteiger partial charge in [0.1, 0.15) is 0 Å². The van der Waals surface area contributed by atoms with Gasteiger partial charge in [-0.2, -0.15) is 0 Å². The number of carbonyl (C=O) groups is 2. The number of hydrogen-bond donors (Lipinski definition) is 1. The second-order valence-corrected chi connectivity index (χ2v) is 4.64. The number of nitrogens with zero attached hydrogens (tertiary/aromatic N) is 1. The summed E-state index contributed by atoms with van der Waals surface area (Å²) in [5, 5.41) is 1.98. The predicted octanol–water partition coefficient (Wildman–Crippen LogP) is 0.287. The van der Waals surface area contributed by atoms with Crippen molar-refractivity contribution in [2.24, 2.45) is 0 Å². The molecule has 1 aliphatic rings. The van der Waals surface area contributed by atoms with Gasteiger partial charge in [0, 0.05) is 0 Å². The molecule has 2 N–H and O–H groups in total. The third kappa shape index (κ3) is 2.76. The molecular weight excluding hydrogens is 228 g/mol. The molecule has 0 aromatic heterocycles. The molecule has 4 nitrogen and oxygen atoms in total. The molecule has 1 saturated heterocycles. The van der Waals surface area contributed by atoms with E-state index >= 15 is 0 Å². The standard InChI is InChI=1S/C14H18N2O2/c1-2-8-15-12-9-13(17)16(14(12)18)10-11-6-4-3-5-7-11/h3-7,12,15H,2,8-10H2,1H3/p+1/t12-/m0/s1. The zero-order chi connectivity index (χ0) is 13.0. The zero-order valence-electron chi connectivity index (χ0n) is 10.6. The number of likely N-dealkylation sites (tertiary alicyclic amines) is 1. The first-order valence-corrected chi connectivity index (χ1v) is 6.44. The third-order valence-electron chi connectivity index (χ3n) is 3.20. The molecule has 18 heavy (non-hydrogen) atoms. The van der Waals surface area contributed by atoms with Crippen molar-refractivity contribution in [3.63, 3.8) is 0 Å². The van der Waals surface area contributed by atoms with Gasteiger partial charge in [0.05, 0.1) is 19.5 Å². The van der Waals surface area contributed by atoms with E-state index in [1.54, 1.807) is 0 Å². The molecule has 1 heterocycles. The Labute approximate surface area is 107 Å². The van der Waals surface area contributed by atoms with Crippen LogP contribution in [0.5, 0.6) is 0 Å². The highest BCUT2D eigenvalue weighted by Gasteiger charge is 2.40. The van der Waals surface area contributed by atoms with E-state index < -0.39 is 0 Å². The maximum atomic E-state index is 12.1. The van der Waals surface area contributed by atoms with Crippen LogP contribution in [0.25, 0.3) is 0 Å². The minimum atomic E-state index is -0.207. The molecule has 0 saturated carbocycles. The van der Waals surface area contributed by atoms with Crippen molar-refractivity contribution >= 4 is 11.8 Å². The van der Waals surface area contributed by atoms with E-state index in [0.29, 0.717) is 13.0 Å². The molecule has 0 bridgehead atoms. The Bertz CT molecular complexity index is 431. The number of nitrogens with two attached hydrogens (primary N) is 1. The lowest BCUT2D eigenvalue weighted by Gasteiger charge is -2.14. The lowest BCUT2D eigenvalue weighted by Crippen LogP contribution is -2.91. The van der Waals surface area contributed by atoms with Crippen LogP contribution in [0.1, 0.15) is 25.3 Å². The van der Waals surface area contributed by atoms with Gasteiger partial charge in [-0.25, -0.2) is 0 Å². The number of amides is 2. The summed E-state index contributed by atoms with van der Waals surface area (Å²) < 4.78 is 0. The van der Waals surface area contributed by atoms with E-state index in [9.17, 15) is 9.59 Å². The Morgan fingerprint density at radius 2 is 2.00 bits per heavy atom. The first-order chi connectivity index (χ1) is 8.72. The van der Waals surface area contributed by atoms with Gasteiger partial charge in [0.25, 0.3) is 5.91 Å². The van der Waals surface area contributed by atoms with E-state index in [0.717, 1.165) is 18.5 Å². The van der Waals surface area contributed by atoms with E-state index in [1.807, 2.05) is 35.6 Å². The summed E-state index contributed by atoms with van der Waals surface area (Å²) >= 11 is 0. The number of imide groups is 1. The van der Waals surface area contributed by atoms with Crippen LogP contribution in [0.15, 0.2) is 30.3 Å². The van der Waals surface area contributed by atoms with E-state index in [1.165, 1.54) is 4.90 Å². The van der Waals surface area contributed by atoms with Gasteiger partial charge in [-0.3, -0.25) is 14.5 Å². The van der Waals surface area contributed by atoms with E-state index in [-0.39, 0.29) is 17.9 Å². The fourth-order valence-electron chi connectivity index (χ4n) is 2.19. The van der Waals surface area contributed by atoms with Crippen molar-refractivity contribution in [1.29, 1.82) is 0 Å². The van der Waals surface area contributed by atoms with Crippen LogP contribution >= 0.6 is 0 Å². The number of carbonyl (C=O) groups excluding carboxylic acids is 2. The summed E-state index contributed by atoms with van der Waals surface area (Å²) in [7, 11) is 0. The summed E-state index contributed by atoms with van der Waals surface area (Å²) in [5.74, 6) is -0.0986. The Balaban J connectivity index is 2.01. The van der Waals surface area contributed by atoms with Crippen molar-refractivity contribution < 1.29 is 14.9 Å². The molecule has 1 aromatic rings. The number of quaternary nitrogens is 1. The van der Waals surface area contributed by atoms with Gasteiger partial charge in [-0.05, 0) is 12.0 Å². The first kappa shape index (κ1) is 12.8. The molecule has 0 spiro atoms. The topological polar surface area (TPSA) is 54.0 Å². The Morgan fingerprint density at radius 1 is 1.28 bits per heavy atom. The summed E-state index contributed by atoms with van der Waals surface area (Å²) in [6, 6.07) is 9.42. The van der Waals surface area contributed by atoms with Gasteiger partial charge >= 0.3 is 0 Å². The molecule has 1 atom stereocenters. The number of benzene rings is 1. The molecule has 2 amide bonds. The van der Waals surface area contributed by atoms with Crippen LogP contribution in [0.2, 0.25) is 0 Å².